The summed E-state index contributed by atoms with van der Waals surface area (Å²) in [6.07, 6.45) is -0.271. The number of carboxylic acid groups (broad SMARTS) is 1. The maximum Gasteiger partial charge on any atom is 0.305 e. The van der Waals surface area contributed by atoms with Crippen molar-refractivity contribution >= 4 is 11.8 Å². The molecular weight excluding hydrogens is 160 g/mol. The molecule has 0 aromatic rings. The summed E-state index contributed by atoms with van der Waals surface area (Å²) >= 11 is 0. The second-order valence-corrected chi connectivity index (χ2v) is 2.74. The minimum atomic E-state index is -1.08. The summed E-state index contributed by atoms with van der Waals surface area (Å²) in [5.41, 5.74) is 0. The highest BCUT2D eigenvalue weighted by Gasteiger charge is 2.13. The van der Waals surface area contributed by atoms with Gasteiger partial charge in [0, 0.05) is 12.8 Å². The van der Waals surface area contributed by atoms with E-state index in [1.165, 1.54) is 0 Å². The van der Waals surface area contributed by atoms with Crippen molar-refractivity contribution in [1.82, 2.24) is 0 Å². The van der Waals surface area contributed by atoms with Crippen LogP contribution in [0, 0.1) is 0 Å². The molecule has 0 aliphatic carbocycles. The van der Waals surface area contributed by atoms with Crippen molar-refractivity contribution in [2.24, 2.45) is 0 Å². The van der Waals surface area contributed by atoms with Gasteiger partial charge in [0.15, 0.2) is 0 Å². The Morgan fingerprint density at radius 3 is 2.33 bits per heavy atom. The molecule has 0 heterocycles. The predicted octanol–water partition coefficient (Wildman–Crippen LogP) is 0.581. The Bertz CT molecular complexity index is 164. The van der Waals surface area contributed by atoms with E-state index < -0.39 is 12.1 Å². The van der Waals surface area contributed by atoms with Crippen LogP contribution in [0.15, 0.2) is 0 Å². The van der Waals surface area contributed by atoms with Crippen LogP contribution in [0.4, 0.5) is 0 Å². The van der Waals surface area contributed by atoms with Gasteiger partial charge >= 0.3 is 5.97 Å². The lowest BCUT2D eigenvalue weighted by Crippen LogP contribution is -2.17. The van der Waals surface area contributed by atoms with E-state index in [0.717, 1.165) is 6.42 Å². The number of carboxylic acids is 1. The highest BCUT2D eigenvalue weighted by atomic mass is 16.4. The van der Waals surface area contributed by atoms with Crippen LogP contribution in [0.1, 0.15) is 32.6 Å². The van der Waals surface area contributed by atoms with Crippen molar-refractivity contribution in [1.29, 1.82) is 0 Å². The summed E-state index contributed by atoms with van der Waals surface area (Å²) in [5, 5.41) is 17.3. The fourth-order valence-electron chi connectivity index (χ4n) is 0.917. The molecule has 70 valence electrons. The first-order valence-electron chi connectivity index (χ1n) is 3.97. The molecule has 2 N–H and O–H groups in total. The van der Waals surface area contributed by atoms with Crippen LogP contribution in [-0.2, 0) is 9.59 Å². The van der Waals surface area contributed by atoms with Gasteiger partial charge in [-0.1, -0.05) is 6.92 Å². The van der Waals surface area contributed by atoms with Gasteiger partial charge in [-0.25, -0.2) is 0 Å². The second-order valence-electron chi connectivity index (χ2n) is 2.74. The lowest BCUT2D eigenvalue weighted by Gasteiger charge is -2.05. The molecular formula is C8H14O4. The molecule has 0 aliphatic rings. The Kier molecular flexibility index (Phi) is 5.28. The number of rotatable bonds is 6. The topological polar surface area (TPSA) is 74.6 Å². The lowest BCUT2D eigenvalue weighted by atomic mass is 10.1. The lowest BCUT2D eigenvalue weighted by molar-refractivity contribution is -0.139. The summed E-state index contributed by atoms with van der Waals surface area (Å²) in [5.74, 6) is -1.15. The predicted molar refractivity (Wildman–Crippen MR) is 42.8 cm³/mol. The summed E-state index contributed by atoms with van der Waals surface area (Å²) in [7, 11) is 0. The maximum atomic E-state index is 10.9. The van der Waals surface area contributed by atoms with Crippen LogP contribution in [0.2, 0.25) is 0 Å². The third kappa shape index (κ3) is 5.85. The molecule has 0 aliphatic heterocycles. The largest absolute Gasteiger partial charge is 0.481 e. The summed E-state index contributed by atoms with van der Waals surface area (Å²) < 4.78 is 0. The van der Waals surface area contributed by atoms with E-state index in [1.807, 2.05) is 6.92 Å². The average molecular weight is 174 g/mol. The van der Waals surface area contributed by atoms with Gasteiger partial charge in [-0.05, 0) is 6.42 Å². The van der Waals surface area contributed by atoms with E-state index in [-0.39, 0.29) is 18.6 Å². The van der Waals surface area contributed by atoms with E-state index in [0.29, 0.717) is 6.42 Å². The average Bonchev–Trinajstić information content (AvgIpc) is 1.84. The number of Topliss-reactive ketones (excluding diaryl/α,β-unsaturated/α-hetero) is 1. The molecule has 0 rings (SSSR count). The van der Waals surface area contributed by atoms with Crippen LogP contribution in [-0.4, -0.2) is 28.1 Å². The molecule has 1 unspecified atom stereocenters. The standard InChI is InChI=1S/C8H14O4/c1-2-3-6(9)4-7(10)5-8(11)12/h7,10H,2-5H2,1H3,(H,11,12). The monoisotopic (exact) mass is 174 g/mol. The molecule has 12 heavy (non-hydrogen) atoms. The highest BCUT2D eigenvalue weighted by Crippen LogP contribution is 2.02. The van der Waals surface area contributed by atoms with Crippen LogP contribution in [0.25, 0.3) is 0 Å². The normalized spacial score (nSPS) is 12.5. The van der Waals surface area contributed by atoms with Gasteiger partial charge in [0.25, 0.3) is 0 Å². The van der Waals surface area contributed by atoms with Crippen LogP contribution in [0.5, 0.6) is 0 Å². The summed E-state index contributed by atoms with van der Waals surface area (Å²) in [4.78, 5) is 21.0. The molecule has 0 spiro atoms. The SMILES string of the molecule is CCCC(=O)CC(O)CC(=O)O. The molecule has 0 radical (unpaired) electrons. The van der Waals surface area contributed by atoms with Crippen LogP contribution < -0.4 is 0 Å². The number of aliphatic carboxylic acids is 1. The van der Waals surface area contributed by atoms with Crippen molar-refractivity contribution in [2.75, 3.05) is 0 Å². The van der Waals surface area contributed by atoms with Crippen molar-refractivity contribution < 1.29 is 19.8 Å². The van der Waals surface area contributed by atoms with Crippen molar-refractivity contribution in [3.63, 3.8) is 0 Å². The Morgan fingerprint density at radius 2 is 1.92 bits per heavy atom. The van der Waals surface area contributed by atoms with E-state index in [4.69, 9.17) is 10.2 Å². The van der Waals surface area contributed by atoms with Gasteiger partial charge in [-0.3, -0.25) is 9.59 Å². The number of hydrogen-bond donors (Lipinski definition) is 2. The zero-order chi connectivity index (χ0) is 9.56. The molecule has 0 bridgehead atoms. The Labute approximate surface area is 71.2 Å². The fourth-order valence-corrected chi connectivity index (χ4v) is 0.917. The van der Waals surface area contributed by atoms with Gasteiger partial charge in [0.2, 0.25) is 0 Å². The first-order valence-corrected chi connectivity index (χ1v) is 3.97. The number of carbonyl (C=O) groups is 2. The number of aliphatic hydroxyl groups is 1. The molecule has 0 saturated heterocycles. The van der Waals surface area contributed by atoms with Crippen molar-refractivity contribution in [2.45, 2.75) is 38.7 Å². The Hall–Kier alpha value is -0.900. The van der Waals surface area contributed by atoms with E-state index in [9.17, 15) is 9.59 Å². The minimum Gasteiger partial charge on any atom is -0.481 e. The van der Waals surface area contributed by atoms with Gasteiger partial charge < -0.3 is 10.2 Å². The summed E-state index contributed by atoms with van der Waals surface area (Å²) in [6.45, 7) is 1.86. The Morgan fingerprint density at radius 1 is 1.33 bits per heavy atom. The van der Waals surface area contributed by atoms with E-state index in [2.05, 4.69) is 0 Å². The molecule has 0 fully saturated rings. The van der Waals surface area contributed by atoms with Gasteiger partial charge in [-0.15, -0.1) is 0 Å². The molecule has 0 saturated carbocycles. The molecule has 0 aromatic carbocycles. The van der Waals surface area contributed by atoms with Gasteiger partial charge in [0.1, 0.15) is 5.78 Å². The van der Waals surface area contributed by atoms with Crippen LogP contribution >= 0.6 is 0 Å². The molecule has 1 atom stereocenters. The van der Waals surface area contributed by atoms with Crippen molar-refractivity contribution in [3.8, 4) is 0 Å². The number of hydrogen-bond acceptors (Lipinski definition) is 3. The van der Waals surface area contributed by atoms with Crippen molar-refractivity contribution in [3.05, 3.63) is 0 Å². The zero-order valence-corrected chi connectivity index (χ0v) is 7.12. The van der Waals surface area contributed by atoms with Gasteiger partial charge in [0.05, 0.1) is 12.5 Å². The minimum absolute atomic E-state index is 0.0415. The number of ketones is 1. The molecule has 4 nitrogen and oxygen atoms in total. The first kappa shape index (κ1) is 11.1. The van der Waals surface area contributed by atoms with E-state index >= 15 is 0 Å². The van der Waals surface area contributed by atoms with Crippen LogP contribution in [0.3, 0.4) is 0 Å². The number of carbonyl (C=O) groups excluding carboxylic acids is 1. The molecule has 0 aromatic heterocycles. The number of aliphatic hydroxyl groups excluding tert-OH is 1. The molecule has 4 heteroatoms. The third-order valence-corrected chi connectivity index (χ3v) is 1.40. The quantitative estimate of drug-likeness (QED) is 0.617. The molecule has 0 amide bonds. The highest BCUT2D eigenvalue weighted by molar-refractivity contribution is 5.79. The van der Waals surface area contributed by atoms with Gasteiger partial charge in [-0.2, -0.15) is 0 Å². The smallest absolute Gasteiger partial charge is 0.305 e. The third-order valence-electron chi connectivity index (χ3n) is 1.40. The second kappa shape index (κ2) is 5.71. The fraction of sp³-hybridized carbons (Fsp3) is 0.750. The summed E-state index contributed by atoms with van der Waals surface area (Å²) in [6, 6.07) is 0. The van der Waals surface area contributed by atoms with E-state index in [1.54, 1.807) is 0 Å². The zero-order valence-electron chi connectivity index (χ0n) is 7.12. The Balaban J connectivity index is 3.61. The maximum absolute atomic E-state index is 10.9. The first-order chi connectivity index (χ1) is 5.56.